The van der Waals surface area contributed by atoms with Crippen molar-refractivity contribution in [2.75, 3.05) is 19.6 Å². The Bertz CT molecular complexity index is 240. The van der Waals surface area contributed by atoms with E-state index in [-0.39, 0.29) is 5.91 Å². The summed E-state index contributed by atoms with van der Waals surface area (Å²) in [6.07, 6.45) is 9.68. The molecule has 1 fully saturated rings. The standard InChI is InChI=1S/C12H20N2O/c1-3-5-9-14(11-6-7-11)12(15)10-13-8-4-2/h2,11,13H,3,5-10H2,1H3. The largest absolute Gasteiger partial charge is 0.339 e. The normalized spacial score (nSPS) is 14.7. The van der Waals surface area contributed by atoms with Crippen LogP contribution in [0.25, 0.3) is 0 Å². The van der Waals surface area contributed by atoms with E-state index in [2.05, 4.69) is 18.2 Å². The first kappa shape index (κ1) is 12.1. The second-order valence-corrected chi connectivity index (χ2v) is 3.98. The molecular formula is C12H20N2O. The number of nitrogens with zero attached hydrogens (tertiary/aromatic N) is 1. The Morgan fingerprint density at radius 2 is 2.33 bits per heavy atom. The minimum atomic E-state index is 0.196. The van der Waals surface area contributed by atoms with Gasteiger partial charge in [-0.1, -0.05) is 19.3 Å². The lowest BCUT2D eigenvalue weighted by Crippen LogP contribution is -2.40. The molecule has 1 amide bonds. The molecule has 0 radical (unpaired) electrons. The number of hydrogen-bond donors (Lipinski definition) is 1. The molecule has 0 aromatic heterocycles. The number of carbonyl (C=O) groups is 1. The zero-order chi connectivity index (χ0) is 11.1. The third-order valence-corrected chi connectivity index (χ3v) is 2.56. The van der Waals surface area contributed by atoms with E-state index < -0.39 is 0 Å². The van der Waals surface area contributed by atoms with E-state index in [0.29, 0.717) is 19.1 Å². The van der Waals surface area contributed by atoms with Crippen molar-refractivity contribution in [2.45, 2.75) is 38.6 Å². The van der Waals surface area contributed by atoms with E-state index in [1.807, 2.05) is 4.90 Å². The molecule has 0 saturated heterocycles. The Hall–Kier alpha value is -1.01. The molecule has 0 atom stereocenters. The molecule has 1 N–H and O–H groups in total. The van der Waals surface area contributed by atoms with Gasteiger partial charge in [0.25, 0.3) is 0 Å². The van der Waals surface area contributed by atoms with Crippen molar-refractivity contribution in [3.05, 3.63) is 0 Å². The van der Waals surface area contributed by atoms with Crippen LogP contribution in [-0.2, 0) is 4.79 Å². The molecule has 1 saturated carbocycles. The minimum Gasteiger partial charge on any atom is -0.339 e. The molecule has 1 rings (SSSR count). The maximum Gasteiger partial charge on any atom is 0.236 e. The number of hydrogen-bond acceptors (Lipinski definition) is 2. The lowest BCUT2D eigenvalue weighted by molar-refractivity contribution is -0.130. The molecule has 84 valence electrons. The molecule has 0 spiro atoms. The van der Waals surface area contributed by atoms with Crippen LogP contribution < -0.4 is 5.32 Å². The highest BCUT2D eigenvalue weighted by atomic mass is 16.2. The van der Waals surface area contributed by atoms with Crippen LogP contribution in [0.2, 0.25) is 0 Å². The summed E-state index contributed by atoms with van der Waals surface area (Å²) in [5.41, 5.74) is 0. The first-order chi connectivity index (χ1) is 7.29. The summed E-state index contributed by atoms with van der Waals surface area (Å²) in [7, 11) is 0. The molecule has 1 aliphatic rings. The summed E-state index contributed by atoms with van der Waals surface area (Å²) in [6, 6.07) is 0.511. The highest BCUT2D eigenvalue weighted by molar-refractivity contribution is 5.78. The fourth-order valence-electron chi connectivity index (χ4n) is 1.57. The molecular weight excluding hydrogens is 188 g/mol. The molecule has 0 aliphatic heterocycles. The van der Waals surface area contributed by atoms with Crippen LogP contribution in [0.4, 0.5) is 0 Å². The van der Waals surface area contributed by atoms with Gasteiger partial charge in [0.05, 0.1) is 13.1 Å². The summed E-state index contributed by atoms with van der Waals surface area (Å²) < 4.78 is 0. The molecule has 0 aromatic carbocycles. The fraction of sp³-hybridized carbons (Fsp3) is 0.750. The third-order valence-electron chi connectivity index (χ3n) is 2.56. The van der Waals surface area contributed by atoms with Crippen molar-refractivity contribution in [3.8, 4) is 12.3 Å². The summed E-state index contributed by atoms with van der Waals surface area (Å²) in [6.45, 7) is 3.90. The first-order valence-electron chi connectivity index (χ1n) is 5.73. The van der Waals surface area contributed by atoms with E-state index in [9.17, 15) is 4.79 Å². The molecule has 0 aromatic rings. The number of unbranched alkanes of at least 4 members (excludes halogenated alkanes) is 1. The Morgan fingerprint density at radius 3 is 2.87 bits per heavy atom. The lowest BCUT2D eigenvalue weighted by Gasteiger charge is -2.22. The summed E-state index contributed by atoms with van der Waals surface area (Å²) in [5, 5.41) is 2.95. The molecule has 15 heavy (non-hydrogen) atoms. The molecule has 0 heterocycles. The van der Waals surface area contributed by atoms with Crippen molar-refractivity contribution in [2.24, 2.45) is 0 Å². The number of carbonyl (C=O) groups excluding carboxylic acids is 1. The SMILES string of the molecule is C#CCNCC(=O)N(CCCC)C1CC1. The van der Waals surface area contributed by atoms with Gasteiger partial charge in [0, 0.05) is 12.6 Å². The van der Waals surface area contributed by atoms with E-state index in [4.69, 9.17) is 6.42 Å². The van der Waals surface area contributed by atoms with E-state index in [1.165, 1.54) is 12.8 Å². The average molecular weight is 208 g/mol. The van der Waals surface area contributed by atoms with Crippen molar-refractivity contribution < 1.29 is 4.79 Å². The van der Waals surface area contributed by atoms with Crippen molar-refractivity contribution in [1.82, 2.24) is 10.2 Å². The van der Waals surface area contributed by atoms with Crippen molar-refractivity contribution in [1.29, 1.82) is 0 Å². The fourth-order valence-corrected chi connectivity index (χ4v) is 1.57. The monoisotopic (exact) mass is 208 g/mol. The van der Waals surface area contributed by atoms with Crippen molar-refractivity contribution >= 4 is 5.91 Å². The van der Waals surface area contributed by atoms with Gasteiger partial charge in [0.1, 0.15) is 0 Å². The maximum atomic E-state index is 11.8. The third kappa shape index (κ3) is 4.35. The summed E-state index contributed by atoms with van der Waals surface area (Å²) in [5.74, 6) is 2.66. The zero-order valence-electron chi connectivity index (χ0n) is 9.46. The van der Waals surface area contributed by atoms with Gasteiger partial charge in [-0.3, -0.25) is 10.1 Å². The van der Waals surface area contributed by atoms with Crippen molar-refractivity contribution in [3.63, 3.8) is 0 Å². The maximum absolute atomic E-state index is 11.8. The molecule has 3 nitrogen and oxygen atoms in total. The highest BCUT2D eigenvalue weighted by Crippen LogP contribution is 2.26. The van der Waals surface area contributed by atoms with Gasteiger partial charge in [-0.05, 0) is 19.3 Å². The topological polar surface area (TPSA) is 32.3 Å². The van der Waals surface area contributed by atoms with Crippen LogP contribution in [0.1, 0.15) is 32.6 Å². The van der Waals surface area contributed by atoms with E-state index in [0.717, 1.165) is 19.4 Å². The smallest absolute Gasteiger partial charge is 0.236 e. The first-order valence-corrected chi connectivity index (χ1v) is 5.73. The summed E-state index contributed by atoms with van der Waals surface area (Å²) >= 11 is 0. The minimum absolute atomic E-state index is 0.196. The van der Waals surface area contributed by atoms with Gasteiger partial charge in [-0.25, -0.2) is 0 Å². The Kier molecular flexibility index (Phi) is 5.20. The quantitative estimate of drug-likeness (QED) is 0.500. The Labute approximate surface area is 92.2 Å². The van der Waals surface area contributed by atoms with Crippen LogP contribution in [0.5, 0.6) is 0 Å². The number of amides is 1. The number of rotatable bonds is 7. The van der Waals surface area contributed by atoms with Crippen LogP contribution in [0.15, 0.2) is 0 Å². The van der Waals surface area contributed by atoms with Gasteiger partial charge in [-0.2, -0.15) is 0 Å². The molecule has 0 unspecified atom stereocenters. The molecule has 1 aliphatic carbocycles. The second kappa shape index (κ2) is 6.47. The molecule has 0 bridgehead atoms. The van der Waals surface area contributed by atoms with E-state index in [1.54, 1.807) is 0 Å². The highest BCUT2D eigenvalue weighted by Gasteiger charge is 2.31. The Balaban J connectivity index is 2.27. The van der Waals surface area contributed by atoms with Crippen LogP contribution in [0, 0.1) is 12.3 Å². The van der Waals surface area contributed by atoms with Gasteiger partial charge >= 0.3 is 0 Å². The average Bonchev–Trinajstić information content (AvgIpc) is 3.03. The van der Waals surface area contributed by atoms with Crippen LogP contribution >= 0.6 is 0 Å². The zero-order valence-corrected chi connectivity index (χ0v) is 9.46. The predicted octanol–water partition coefficient (Wildman–Crippen LogP) is 1.00. The predicted molar refractivity (Wildman–Crippen MR) is 61.3 cm³/mol. The van der Waals surface area contributed by atoms with Gasteiger partial charge in [0.2, 0.25) is 5.91 Å². The van der Waals surface area contributed by atoms with Crippen LogP contribution in [0.3, 0.4) is 0 Å². The van der Waals surface area contributed by atoms with E-state index >= 15 is 0 Å². The lowest BCUT2D eigenvalue weighted by atomic mass is 10.3. The Morgan fingerprint density at radius 1 is 1.60 bits per heavy atom. The van der Waals surface area contributed by atoms with Gasteiger partial charge in [0.15, 0.2) is 0 Å². The number of nitrogens with one attached hydrogen (secondary N) is 1. The second-order valence-electron chi connectivity index (χ2n) is 3.98. The number of terminal acetylenes is 1. The van der Waals surface area contributed by atoms with Gasteiger partial charge in [-0.15, -0.1) is 6.42 Å². The molecule has 3 heteroatoms. The van der Waals surface area contributed by atoms with Crippen LogP contribution in [-0.4, -0.2) is 36.5 Å². The summed E-state index contributed by atoms with van der Waals surface area (Å²) in [4.78, 5) is 13.8. The van der Waals surface area contributed by atoms with Gasteiger partial charge < -0.3 is 4.90 Å².